The predicted octanol–water partition coefficient (Wildman–Crippen LogP) is 4.96. The van der Waals surface area contributed by atoms with E-state index in [0.29, 0.717) is 17.9 Å². The van der Waals surface area contributed by atoms with Crippen LogP contribution in [0.2, 0.25) is 0 Å². The Labute approximate surface area is 218 Å². The molecule has 5 aromatic heterocycles. The molecule has 2 N–H and O–H groups in total. The maximum atomic E-state index is 14.6. The van der Waals surface area contributed by atoms with Gasteiger partial charge in [-0.15, -0.1) is 0 Å². The minimum absolute atomic E-state index is 0.362. The number of hydrogen-bond donors (Lipinski definition) is 2. The van der Waals surface area contributed by atoms with Gasteiger partial charge in [0.05, 0.1) is 46.7 Å². The van der Waals surface area contributed by atoms with E-state index in [1.165, 1.54) is 12.1 Å². The average molecular weight is 511 g/mol. The lowest BCUT2D eigenvalue weighted by Crippen LogP contribution is -2.19. The number of rotatable bonds is 7. The fourth-order valence-electron chi connectivity index (χ4n) is 4.56. The van der Waals surface area contributed by atoms with Crippen LogP contribution < -0.4 is 4.74 Å². The number of aryl methyl sites for hydroxylation is 1. The zero-order chi connectivity index (χ0) is 26.4. The highest BCUT2D eigenvalue weighted by atomic mass is 19.1. The van der Waals surface area contributed by atoms with E-state index in [1.54, 1.807) is 18.6 Å². The van der Waals surface area contributed by atoms with Gasteiger partial charge in [-0.2, -0.15) is 5.10 Å². The fourth-order valence-corrected chi connectivity index (χ4v) is 4.56. The molecule has 192 valence electrons. The van der Waals surface area contributed by atoms with Crippen LogP contribution in [0.4, 0.5) is 4.39 Å². The van der Waals surface area contributed by atoms with Crippen LogP contribution in [-0.2, 0) is 7.05 Å². The first-order valence-corrected chi connectivity index (χ1v) is 12.3. The number of nitrogens with zero attached hydrogens (tertiary/aromatic N) is 6. The van der Waals surface area contributed by atoms with Crippen molar-refractivity contribution in [2.24, 2.45) is 7.05 Å². The number of aromatic nitrogens is 7. The summed E-state index contributed by atoms with van der Waals surface area (Å²) in [6.07, 6.45) is 7.11. The van der Waals surface area contributed by atoms with E-state index in [9.17, 15) is 4.39 Å². The summed E-state index contributed by atoms with van der Waals surface area (Å²) in [5.41, 5.74) is 6.45. The van der Waals surface area contributed by atoms with Crippen LogP contribution >= 0.6 is 0 Å². The number of pyridine rings is 2. The van der Waals surface area contributed by atoms with Crippen molar-refractivity contribution in [1.82, 2.24) is 39.6 Å². The van der Waals surface area contributed by atoms with Gasteiger partial charge < -0.3 is 19.2 Å². The molecule has 0 fully saturated rings. The Hall–Kier alpha value is -4.57. The number of imidazole rings is 1. The van der Waals surface area contributed by atoms with Gasteiger partial charge in [-0.05, 0) is 50.8 Å². The summed E-state index contributed by atoms with van der Waals surface area (Å²) in [6.45, 7) is 3.16. The van der Waals surface area contributed by atoms with Crippen molar-refractivity contribution in [2.75, 3.05) is 27.2 Å². The molecule has 0 radical (unpaired) electrons. The zero-order valence-corrected chi connectivity index (χ0v) is 21.6. The van der Waals surface area contributed by atoms with Gasteiger partial charge in [0.15, 0.2) is 0 Å². The first-order chi connectivity index (χ1) is 18.4. The predicted molar refractivity (Wildman–Crippen MR) is 145 cm³/mol. The molecule has 0 atom stereocenters. The number of hydrogen-bond acceptors (Lipinski definition) is 6. The minimum Gasteiger partial charge on any atom is -0.492 e. The number of fused-ring (bicyclic) bond motifs is 2. The summed E-state index contributed by atoms with van der Waals surface area (Å²) in [7, 11) is 5.91. The molecule has 1 aromatic carbocycles. The van der Waals surface area contributed by atoms with Crippen LogP contribution in [0.25, 0.3) is 55.7 Å². The molecule has 5 heterocycles. The summed E-state index contributed by atoms with van der Waals surface area (Å²) in [5, 5.41) is 9.49. The third-order valence-electron chi connectivity index (χ3n) is 6.72. The van der Waals surface area contributed by atoms with Crippen LogP contribution in [0.3, 0.4) is 0 Å². The molecule has 0 saturated heterocycles. The number of likely N-dealkylation sites (N-methyl/N-ethyl adjacent to an activating group) is 1. The number of ether oxygens (including phenoxy) is 1. The first kappa shape index (κ1) is 23.8. The van der Waals surface area contributed by atoms with Gasteiger partial charge in [-0.1, -0.05) is 0 Å². The Balaban J connectivity index is 1.41. The monoisotopic (exact) mass is 510 g/mol. The van der Waals surface area contributed by atoms with E-state index in [-0.39, 0.29) is 5.82 Å². The lowest BCUT2D eigenvalue weighted by molar-refractivity contribution is 0.260. The maximum Gasteiger partial charge on any atom is 0.127 e. The van der Waals surface area contributed by atoms with Gasteiger partial charge in [0, 0.05) is 42.2 Å². The molecule has 0 amide bonds. The molecule has 0 aliphatic rings. The molecule has 38 heavy (non-hydrogen) atoms. The van der Waals surface area contributed by atoms with Gasteiger partial charge in [0.25, 0.3) is 0 Å². The third kappa shape index (κ3) is 4.28. The highest BCUT2D eigenvalue weighted by Crippen LogP contribution is 2.35. The molecule has 9 nitrogen and oxygen atoms in total. The van der Waals surface area contributed by atoms with Crippen LogP contribution in [0.15, 0.2) is 55.1 Å². The number of halogens is 1. The Morgan fingerprint density at radius 3 is 2.63 bits per heavy atom. The Bertz CT molecular complexity index is 1780. The van der Waals surface area contributed by atoms with Crippen molar-refractivity contribution in [2.45, 2.75) is 6.92 Å². The zero-order valence-electron chi connectivity index (χ0n) is 21.6. The topological polar surface area (TPSA) is 101 Å². The third-order valence-corrected chi connectivity index (χ3v) is 6.72. The standard InChI is InChI=1S/C28H27FN8O/c1-16-31-15-27(37(16)4)23-11-21-26(14-32-23)34-35-28(21)24-10-20-22(12-30-13-25(20)33-24)17-7-18(29)9-19(8-17)38-6-5-36(2)3/h7-15,33H,5-6H2,1-4H3,(H,34,35). The van der Waals surface area contributed by atoms with Gasteiger partial charge in [-0.25, -0.2) is 9.37 Å². The summed E-state index contributed by atoms with van der Waals surface area (Å²) in [6, 6.07) is 8.78. The average Bonchev–Trinajstić information content (AvgIpc) is 3.59. The van der Waals surface area contributed by atoms with E-state index in [1.807, 2.05) is 61.9 Å². The van der Waals surface area contributed by atoms with Crippen molar-refractivity contribution in [3.05, 3.63) is 66.8 Å². The normalized spacial score (nSPS) is 11.7. The largest absolute Gasteiger partial charge is 0.492 e. The molecule has 0 aliphatic carbocycles. The second-order valence-electron chi connectivity index (χ2n) is 9.60. The Morgan fingerprint density at radius 2 is 1.84 bits per heavy atom. The lowest BCUT2D eigenvalue weighted by atomic mass is 10.0. The molecule has 6 aromatic rings. The quantitative estimate of drug-likeness (QED) is 0.315. The van der Waals surface area contributed by atoms with Gasteiger partial charge in [0.1, 0.15) is 29.7 Å². The number of benzene rings is 1. The van der Waals surface area contributed by atoms with E-state index >= 15 is 0 Å². The van der Waals surface area contributed by atoms with E-state index in [4.69, 9.17) is 4.74 Å². The van der Waals surface area contributed by atoms with Crippen molar-refractivity contribution < 1.29 is 9.13 Å². The molecule has 0 bridgehead atoms. The molecule has 0 unspecified atom stereocenters. The summed E-state index contributed by atoms with van der Waals surface area (Å²) in [4.78, 5) is 18.9. The highest BCUT2D eigenvalue weighted by molar-refractivity contribution is 6.01. The maximum absolute atomic E-state index is 14.6. The number of nitrogens with one attached hydrogen (secondary N) is 2. The van der Waals surface area contributed by atoms with Crippen molar-refractivity contribution >= 4 is 21.8 Å². The second kappa shape index (κ2) is 9.38. The Kier molecular flexibility index (Phi) is 5.88. The highest BCUT2D eigenvalue weighted by Gasteiger charge is 2.17. The molecular weight excluding hydrogens is 483 g/mol. The van der Waals surface area contributed by atoms with Crippen LogP contribution in [0, 0.1) is 12.7 Å². The van der Waals surface area contributed by atoms with Crippen molar-refractivity contribution in [3.63, 3.8) is 0 Å². The van der Waals surface area contributed by atoms with Crippen LogP contribution in [0.5, 0.6) is 5.75 Å². The van der Waals surface area contributed by atoms with Crippen molar-refractivity contribution in [1.29, 1.82) is 0 Å². The smallest absolute Gasteiger partial charge is 0.127 e. The summed E-state index contributed by atoms with van der Waals surface area (Å²) >= 11 is 0. The SMILES string of the molecule is Cc1ncc(-c2cc3c(-c4cc5c(-c6cc(F)cc(OCCN(C)C)c6)cncc5[nH]4)n[nH]c3cn2)n1C. The second-order valence-corrected chi connectivity index (χ2v) is 9.60. The Morgan fingerprint density at radius 1 is 0.974 bits per heavy atom. The summed E-state index contributed by atoms with van der Waals surface area (Å²) < 4.78 is 22.4. The molecule has 0 saturated carbocycles. The summed E-state index contributed by atoms with van der Waals surface area (Å²) in [5.74, 6) is 1.03. The minimum atomic E-state index is -0.362. The van der Waals surface area contributed by atoms with E-state index < -0.39 is 0 Å². The number of H-pyrrole nitrogens is 2. The first-order valence-electron chi connectivity index (χ1n) is 12.3. The molecule has 6 rings (SSSR count). The van der Waals surface area contributed by atoms with Crippen molar-refractivity contribution in [3.8, 4) is 39.7 Å². The van der Waals surface area contributed by atoms with Gasteiger partial charge >= 0.3 is 0 Å². The molecule has 10 heteroatoms. The fraction of sp³-hybridized carbons (Fsp3) is 0.214. The molecular formula is C28H27FN8O. The van der Waals surface area contributed by atoms with E-state index in [0.717, 1.165) is 62.5 Å². The molecule has 0 spiro atoms. The lowest BCUT2D eigenvalue weighted by Gasteiger charge is -2.12. The van der Waals surface area contributed by atoms with Gasteiger partial charge in [-0.3, -0.25) is 15.1 Å². The number of aromatic amines is 2. The van der Waals surface area contributed by atoms with E-state index in [2.05, 4.69) is 30.1 Å². The van der Waals surface area contributed by atoms with Gasteiger partial charge in [0.2, 0.25) is 0 Å². The van der Waals surface area contributed by atoms with Crippen LogP contribution in [0.1, 0.15) is 5.82 Å². The van der Waals surface area contributed by atoms with Crippen LogP contribution in [-0.4, -0.2) is 66.8 Å². The molecule has 0 aliphatic heterocycles.